The SMILES string of the molecule is COc1ccc2sc3ccc(C(=O)OC[C@@H]4OC(C)(C)O[C@H]4COC(=O)c4ccc5sc6ccc(OC)cc6c(=O)c5c4)cc3c(=O)c2c1. The number of fused-ring (bicyclic) bond motifs is 4. The molecule has 0 radical (unpaired) electrons. The van der Waals surface area contributed by atoms with Gasteiger partial charge in [0.2, 0.25) is 0 Å². The Morgan fingerprint density at radius 2 is 0.980 bits per heavy atom. The van der Waals surface area contributed by atoms with E-state index in [2.05, 4.69) is 0 Å². The maximum Gasteiger partial charge on any atom is 0.338 e. The van der Waals surface area contributed by atoms with Crippen LogP contribution in [0, 0.1) is 0 Å². The van der Waals surface area contributed by atoms with Crippen molar-refractivity contribution in [2.45, 2.75) is 31.8 Å². The molecule has 12 heteroatoms. The minimum absolute atomic E-state index is 0.183. The molecule has 49 heavy (non-hydrogen) atoms. The van der Waals surface area contributed by atoms with Gasteiger partial charge in [-0.15, -0.1) is 22.7 Å². The van der Waals surface area contributed by atoms with Crippen LogP contribution in [-0.4, -0.2) is 57.4 Å². The van der Waals surface area contributed by atoms with Gasteiger partial charge in [0, 0.05) is 40.3 Å². The number of benzene rings is 4. The molecular formula is C37H30O10S2. The fourth-order valence-corrected chi connectivity index (χ4v) is 7.92. The van der Waals surface area contributed by atoms with Crippen LogP contribution in [0.4, 0.5) is 0 Å². The van der Waals surface area contributed by atoms with E-state index in [1.54, 1.807) is 62.4 Å². The van der Waals surface area contributed by atoms with Gasteiger partial charge in [0.1, 0.15) is 36.9 Å². The number of ether oxygens (including phenoxy) is 6. The van der Waals surface area contributed by atoms with Crippen LogP contribution in [0.1, 0.15) is 34.6 Å². The number of methoxy groups -OCH3 is 2. The van der Waals surface area contributed by atoms with Crippen molar-refractivity contribution in [3.8, 4) is 11.5 Å². The summed E-state index contributed by atoms with van der Waals surface area (Å²) in [5.74, 6) is -1.17. The molecule has 1 saturated heterocycles. The Hall–Kier alpha value is -4.88. The Kier molecular flexibility index (Phi) is 8.57. The van der Waals surface area contributed by atoms with Crippen molar-refractivity contribution >= 4 is 75.0 Å². The molecule has 250 valence electrons. The minimum Gasteiger partial charge on any atom is -0.497 e. The van der Waals surface area contributed by atoms with Gasteiger partial charge in [-0.2, -0.15) is 0 Å². The van der Waals surface area contributed by atoms with Crippen LogP contribution in [0.25, 0.3) is 40.3 Å². The summed E-state index contributed by atoms with van der Waals surface area (Å²) in [5.41, 5.74) is 0.00359. The first-order valence-corrected chi connectivity index (χ1v) is 17.0. The van der Waals surface area contributed by atoms with E-state index >= 15 is 0 Å². The van der Waals surface area contributed by atoms with Crippen molar-refractivity contribution in [2.75, 3.05) is 27.4 Å². The fraction of sp³-hybridized carbons (Fsp3) is 0.243. The van der Waals surface area contributed by atoms with Gasteiger partial charge >= 0.3 is 11.9 Å². The fourth-order valence-electron chi connectivity index (χ4n) is 5.85. The monoisotopic (exact) mass is 698 g/mol. The number of rotatable bonds is 8. The third kappa shape index (κ3) is 6.35. The molecule has 0 N–H and O–H groups in total. The highest BCUT2D eigenvalue weighted by Crippen LogP contribution is 2.31. The molecule has 7 rings (SSSR count). The van der Waals surface area contributed by atoms with Gasteiger partial charge in [0.15, 0.2) is 16.6 Å². The van der Waals surface area contributed by atoms with Gasteiger partial charge in [-0.3, -0.25) is 9.59 Å². The summed E-state index contributed by atoms with van der Waals surface area (Å²) in [5, 5.41) is 1.81. The first kappa shape index (κ1) is 32.7. The van der Waals surface area contributed by atoms with E-state index in [1.807, 2.05) is 12.1 Å². The van der Waals surface area contributed by atoms with Crippen LogP contribution in [-0.2, 0) is 18.9 Å². The highest BCUT2D eigenvalue weighted by atomic mass is 32.1. The topological polar surface area (TPSA) is 124 Å². The first-order chi connectivity index (χ1) is 23.5. The summed E-state index contributed by atoms with van der Waals surface area (Å²) in [4.78, 5) is 52.9. The van der Waals surface area contributed by atoms with Crippen LogP contribution >= 0.6 is 22.7 Å². The maximum atomic E-state index is 13.3. The Morgan fingerprint density at radius 1 is 0.612 bits per heavy atom. The van der Waals surface area contributed by atoms with Gasteiger partial charge < -0.3 is 28.4 Å². The molecule has 1 fully saturated rings. The second kappa shape index (κ2) is 12.9. The molecule has 10 nitrogen and oxygen atoms in total. The maximum absolute atomic E-state index is 13.3. The molecule has 0 saturated carbocycles. The molecule has 3 heterocycles. The second-order valence-electron chi connectivity index (χ2n) is 11.9. The van der Waals surface area contributed by atoms with E-state index in [0.717, 1.165) is 18.8 Å². The second-order valence-corrected chi connectivity index (χ2v) is 14.1. The molecule has 1 aliphatic heterocycles. The molecule has 2 atom stereocenters. The smallest absolute Gasteiger partial charge is 0.338 e. The van der Waals surface area contributed by atoms with E-state index in [1.165, 1.54) is 49.0 Å². The largest absolute Gasteiger partial charge is 0.497 e. The molecule has 0 bridgehead atoms. The summed E-state index contributed by atoms with van der Waals surface area (Å²) in [6.07, 6.45) is -1.48. The summed E-state index contributed by atoms with van der Waals surface area (Å²) in [7, 11) is 3.07. The Morgan fingerprint density at radius 3 is 1.37 bits per heavy atom. The standard InChI is InChI=1S/C37H30O10S2/c1-37(2)46-27(17-44-35(40)19-5-9-29-23(13-19)33(38)25-15-21(42-3)7-11-31(25)48-29)28(47-37)18-45-36(41)20-6-10-30-24(14-20)34(39)26-16-22(43-4)8-12-32(26)49-30/h5-16,27-28H,17-18H2,1-4H3/t27-,28-/m0/s1. The van der Waals surface area contributed by atoms with E-state index in [4.69, 9.17) is 28.4 Å². The van der Waals surface area contributed by atoms with E-state index < -0.39 is 29.9 Å². The van der Waals surface area contributed by atoms with Crippen LogP contribution in [0.15, 0.2) is 82.4 Å². The number of esters is 2. The summed E-state index contributed by atoms with van der Waals surface area (Å²) in [6.45, 7) is 3.06. The summed E-state index contributed by atoms with van der Waals surface area (Å²) in [6, 6.07) is 20.4. The van der Waals surface area contributed by atoms with Crippen LogP contribution in [0.3, 0.4) is 0 Å². The van der Waals surface area contributed by atoms with Crippen LogP contribution in [0.5, 0.6) is 11.5 Å². The van der Waals surface area contributed by atoms with Gasteiger partial charge in [-0.05, 0) is 86.6 Å². The lowest BCUT2D eigenvalue weighted by atomic mass is 10.1. The number of carbonyl (C=O) groups is 2. The Bertz CT molecular complexity index is 2240. The Labute approximate surface area is 287 Å². The van der Waals surface area contributed by atoms with Gasteiger partial charge in [0.25, 0.3) is 0 Å². The van der Waals surface area contributed by atoms with Gasteiger partial charge in [-0.1, -0.05) is 0 Å². The zero-order valence-electron chi connectivity index (χ0n) is 26.9. The predicted molar refractivity (Wildman–Crippen MR) is 189 cm³/mol. The van der Waals surface area contributed by atoms with Gasteiger partial charge in [0.05, 0.1) is 25.3 Å². The van der Waals surface area contributed by atoms with Crippen molar-refractivity contribution in [2.24, 2.45) is 0 Å². The van der Waals surface area contributed by atoms with E-state index in [9.17, 15) is 19.2 Å². The lowest BCUT2D eigenvalue weighted by Gasteiger charge is -2.17. The minimum atomic E-state index is -1.03. The normalized spacial score (nSPS) is 17.1. The molecule has 4 aromatic carbocycles. The van der Waals surface area contributed by atoms with Crippen molar-refractivity contribution in [3.63, 3.8) is 0 Å². The highest BCUT2D eigenvalue weighted by Gasteiger charge is 2.42. The quantitative estimate of drug-likeness (QED) is 0.125. The molecule has 0 unspecified atom stereocenters. The van der Waals surface area contributed by atoms with Gasteiger partial charge in [-0.25, -0.2) is 9.59 Å². The zero-order chi connectivity index (χ0) is 34.4. The average Bonchev–Trinajstić information content (AvgIpc) is 3.42. The lowest BCUT2D eigenvalue weighted by Crippen LogP contribution is -2.33. The third-order valence-electron chi connectivity index (χ3n) is 8.26. The molecule has 0 aliphatic carbocycles. The molecule has 6 aromatic rings. The lowest BCUT2D eigenvalue weighted by molar-refractivity contribution is -0.151. The summed E-state index contributed by atoms with van der Waals surface area (Å²) >= 11 is 2.88. The van der Waals surface area contributed by atoms with Crippen molar-refractivity contribution in [1.29, 1.82) is 0 Å². The van der Waals surface area contributed by atoms with Crippen LogP contribution in [0.2, 0.25) is 0 Å². The molecule has 0 amide bonds. The molecule has 2 aromatic heterocycles. The highest BCUT2D eigenvalue weighted by molar-refractivity contribution is 7.25. The van der Waals surface area contributed by atoms with E-state index in [-0.39, 0.29) is 35.2 Å². The first-order valence-electron chi connectivity index (χ1n) is 15.3. The number of hydrogen-bond acceptors (Lipinski definition) is 12. The van der Waals surface area contributed by atoms with Crippen LogP contribution < -0.4 is 20.3 Å². The summed E-state index contributed by atoms with van der Waals surface area (Å²) < 4.78 is 36.8. The van der Waals surface area contributed by atoms with Crippen molar-refractivity contribution < 1.29 is 38.0 Å². The number of carbonyl (C=O) groups excluding carboxylic acids is 2. The zero-order valence-corrected chi connectivity index (χ0v) is 28.5. The third-order valence-corrected chi connectivity index (χ3v) is 10.6. The Balaban J connectivity index is 1.05. The predicted octanol–water partition coefficient (Wildman–Crippen LogP) is 6.69. The van der Waals surface area contributed by atoms with E-state index in [0.29, 0.717) is 33.0 Å². The van der Waals surface area contributed by atoms with Crippen molar-refractivity contribution in [3.05, 3.63) is 104 Å². The number of hydrogen-bond donors (Lipinski definition) is 0. The van der Waals surface area contributed by atoms with Crippen molar-refractivity contribution in [1.82, 2.24) is 0 Å². The molecule has 1 aliphatic rings. The molecular weight excluding hydrogens is 669 g/mol. The average molecular weight is 699 g/mol. The molecule has 0 spiro atoms.